The number of nitrogens with zero attached hydrogens (tertiary/aromatic N) is 2. The van der Waals surface area contributed by atoms with E-state index in [9.17, 15) is 4.79 Å². The Morgan fingerprint density at radius 3 is 2.64 bits per heavy atom. The molecule has 78 valence electrons. The van der Waals surface area contributed by atoms with Crippen LogP contribution in [-0.2, 0) is 16.0 Å². The van der Waals surface area contributed by atoms with Gasteiger partial charge in [-0.25, -0.2) is 0 Å². The third-order valence-corrected chi connectivity index (χ3v) is 1.69. The number of rotatable bonds is 2. The molecule has 6 heteroatoms. The monoisotopic (exact) mass is 215 g/mol. The van der Waals surface area contributed by atoms with E-state index >= 15 is 0 Å². The summed E-state index contributed by atoms with van der Waals surface area (Å²) >= 11 is 4.05. The number of ether oxygens (including phenoxy) is 1. The van der Waals surface area contributed by atoms with Crippen molar-refractivity contribution in [3.63, 3.8) is 0 Å². The molecule has 0 atom stereocenters. The molecule has 1 aromatic heterocycles. The molecule has 1 aromatic rings. The highest BCUT2D eigenvalue weighted by molar-refractivity contribution is 7.80. The van der Waals surface area contributed by atoms with Crippen LogP contribution < -0.4 is 0 Å². The van der Waals surface area contributed by atoms with Crippen LogP contribution in [0, 0.1) is 0 Å². The summed E-state index contributed by atoms with van der Waals surface area (Å²) in [6, 6.07) is 0. The molecule has 0 aromatic carbocycles. The number of carbonyl (C=O) groups excluding carboxylic acids is 1. The van der Waals surface area contributed by atoms with E-state index in [0.29, 0.717) is 10.7 Å². The molecule has 1 rings (SSSR count). The molecule has 5 nitrogen and oxygen atoms in total. The number of H-pyrrole nitrogens is 1. The summed E-state index contributed by atoms with van der Waals surface area (Å²) in [4.78, 5) is 11.3. The van der Waals surface area contributed by atoms with Gasteiger partial charge in [0.1, 0.15) is 16.3 Å². The predicted molar refractivity (Wildman–Crippen MR) is 53.2 cm³/mol. The summed E-state index contributed by atoms with van der Waals surface area (Å²) < 4.78 is 5.11. The van der Waals surface area contributed by atoms with Crippen molar-refractivity contribution in [1.82, 2.24) is 15.4 Å². The largest absolute Gasteiger partial charge is 0.460 e. The van der Waals surface area contributed by atoms with Gasteiger partial charge in [0.2, 0.25) is 0 Å². The minimum Gasteiger partial charge on any atom is -0.460 e. The van der Waals surface area contributed by atoms with E-state index in [1.165, 1.54) is 0 Å². The van der Waals surface area contributed by atoms with Gasteiger partial charge in [-0.1, -0.05) is 5.21 Å². The van der Waals surface area contributed by atoms with E-state index in [0.717, 1.165) is 0 Å². The molecule has 0 spiro atoms. The van der Waals surface area contributed by atoms with Crippen LogP contribution in [-0.4, -0.2) is 27.0 Å². The first kappa shape index (κ1) is 11.0. The van der Waals surface area contributed by atoms with E-state index in [1.807, 2.05) is 20.8 Å². The fourth-order valence-corrected chi connectivity index (χ4v) is 1.05. The molecule has 1 heterocycles. The number of esters is 1. The third-order valence-electron chi connectivity index (χ3n) is 1.33. The number of aromatic nitrogens is 3. The predicted octanol–water partition coefficient (Wildman–Crippen LogP) is 0.978. The lowest BCUT2D eigenvalue weighted by molar-refractivity contribution is -0.154. The maximum atomic E-state index is 11.3. The number of hydrogen-bond donors (Lipinski definition) is 2. The number of hydrogen-bond acceptors (Lipinski definition) is 5. The van der Waals surface area contributed by atoms with Crippen LogP contribution in [0.2, 0.25) is 0 Å². The fourth-order valence-electron chi connectivity index (χ4n) is 0.878. The normalized spacial score (nSPS) is 11.4. The molecule has 0 aliphatic rings. The van der Waals surface area contributed by atoms with Crippen molar-refractivity contribution in [2.45, 2.75) is 37.8 Å². The summed E-state index contributed by atoms with van der Waals surface area (Å²) in [5.74, 6) is -0.332. The summed E-state index contributed by atoms with van der Waals surface area (Å²) in [7, 11) is 0. The number of carbonyl (C=O) groups is 1. The molecule has 0 amide bonds. The Morgan fingerprint density at radius 2 is 2.21 bits per heavy atom. The Morgan fingerprint density at radius 1 is 1.57 bits per heavy atom. The molecular formula is C8H13N3O2S. The third kappa shape index (κ3) is 3.37. The maximum Gasteiger partial charge on any atom is 0.312 e. The number of thiol groups is 1. The van der Waals surface area contributed by atoms with Crippen molar-refractivity contribution >= 4 is 18.6 Å². The zero-order chi connectivity index (χ0) is 10.8. The van der Waals surface area contributed by atoms with Gasteiger partial charge in [-0.15, -0.1) is 17.7 Å². The highest BCUT2D eigenvalue weighted by Gasteiger charge is 2.18. The second-order valence-electron chi connectivity index (χ2n) is 3.87. The molecule has 0 radical (unpaired) electrons. The second kappa shape index (κ2) is 4.00. The smallest absolute Gasteiger partial charge is 0.312 e. The molecule has 0 saturated heterocycles. The quantitative estimate of drug-likeness (QED) is 0.570. The molecular weight excluding hydrogens is 202 g/mol. The number of nitrogens with one attached hydrogen (secondary N) is 1. The highest BCUT2D eigenvalue weighted by Crippen LogP contribution is 2.11. The Hall–Kier alpha value is -1.04. The SMILES string of the molecule is CC(C)(C)OC(=O)Cc1nn[nH]c1S. The van der Waals surface area contributed by atoms with E-state index < -0.39 is 5.60 Å². The summed E-state index contributed by atoms with van der Waals surface area (Å²) in [6.07, 6.45) is 0.0899. The highest BCUT2D eigenvalue weighted by atomic mass is 32.1. The minimum absolute atomic E-state index is 0.0899. The Bertz CT molecular complexity index is 330. The first-order valence-electron chi connectivity index (χ1n) is 4.19. The standard InChI is InChI=1S/C8H13N3O2S/c1-8(2,3)13-6(12)4-5-7(14)10-11-9-5/h4H2,1-3H3,(H2,9,10,11,14). The molecule has 0 aliphatic carbocycles. The van der Waals surface area contributed by atoms with Gasteiger partial charge in [-0.2, -0.15) is 0 Å². The zero-order valence-electron chi connectivity index (χ0n) is 8.37. The Balaban J connectivity index is 2.54. The number of aromatic amines is 1. The van der Waals surface area contributed by atoms with Gasteiger partial charge < -0.3 is 4.74 Å². The van der Waals surface area contributed by atoms with Gasteiger partial charge >= 0.3 is 5.97 Å². The fraction of sp³-hybridized carbons (Fsp3) is 0.625. The van der Waals surface area contributed by atoms with Crippen LogP contribution in [0.4, 0.5) is 0 Å². The van der Waals surface area contributed by atoms with Gasteiger partial charge in [-0.3, -0.25) is 9.89 Å². The topological polar surface area (TPSA) is 67.9 Å². The first-order chi connectivity index (χ1) is 6.38. The average Bonchev–Trinajstić information content (AvgIpc) is 2.32. The van der Waals surface area contributed by atoms with Crippen molar-refractivity contribution in [3.05, 3.63) is 5.69 Å². The molecule has 0 unspecified atom stereocenters. The van der Waals surface area contributed by atoms with E-state index in [1.54, 1.807) is 0 Å². The molecule has 14 heavy (non-hydrogen) atoms. The van der Waals surface area contributed by atoms with E-state index in [-0.39, 0.29) is 12.4 Å². The lowest BCUT2D eigenvalue weighted by atomic mass is 10.2. The summed E-state index contributed by atoms with van der Waals surface area (Å²) in [6.45, 7) is 5.44. The van der Waals surface area contributed by atoms with E-state index in [2.05, 4.69) is 28.0 Å². The average molecular weight is 215 g/mol. The zero-order valence-corrected chi connectivity index (χ0v) is 9.26. The molecule has 1 N–H and O–H groups in total. The van der Waals surface area contributed by atoms with Crippen LogP contribution in [0.25, 0.3) is 0 Å². The van der Waals surface area contributed by atoms with Gasteiger partial charge in [0.15, 0.2) is 0 Å². The molecule has 0 aliphatic heterocycles. The lowest BCUT2D eigenvalue weighted by Crippen LogP contribution is -2.25. The summed E-state index contributed by atoms with van der Waals surface area (Å²) in [5.41, 5.74) is 0.0278. The van der Waals surface area contributed by atoms with Gasteiger partial charge in [-0.05, 0) is 20.8 Å². The van der Waals surface area contributed by atoms with Gasteiger partial charge in [0.25, 0.3) is 0 Å². The van der Waals surface area contributed by atoms with Crippen LogP contribution in [0.15, 0.2) is 5.03 Å². The molecule has 0 fully saturated rings. The molecule has 0 bridgehead atoms. The Labute approximate surface area is 87.6 Å². The van der Waals surface area contributed by atoms with Crippen molar-refractivity contribution in [1.29, 1.82) is 0 Å². The van der Waals surface area contributed by atoms with E-state index in [4.69, 9.17) is 4.74 Å². The van der Waals surface area contributed by atoms with Crippen LogP contribution in [0.1, 0.15) is 26.5 Å². The maximum absolute atomic E-state index is 11.3. The van der Waals surface area contributed by atoms with Crippen molar-refractivity contribution < 1.29 is 9.53 Å². The van der Waals surface area contributed by atoms with Gasteiger partial charge in [0.05, 0.1) is 6.42 Å². The summed E-state index contributed by atoms with van der Waals surface area (Å²) in [5, 5.41) is 10.2. The first-order valence-corrected chi connectivity index (χ1v) is 4.64. The van der Waals surface area contributed by atoms with Crippen LogP contribution in [0.3, 0.4) is 0 Å². The lowest BCUT2D eigenvalue weighted by Gasteiger charge is -2.18. The van der Waals surface area contributed by atoms with Crippen molar-refractivity contribution in [2.24, 2.45) is 0 Å². The van der Waals surface area contributed by atoms with Crippen molar-refractivity contribution in [2.75, 3.05) is 0 Å². The Kier molecular flexibility index (Phi) is 3.15. The molecule has 0 saturated carbocycles. The second-order valence-corrected chi connectivity index (χ2v) is 4.32. The van der Waals surface area contributed by atoms with Gasteiger partial charge in [0, 0.05) is 0 Å². The van der Waals surface area contributed by atoms with Crippen LogP contribution >= 0.6 is 12.6 Å². The van der Waals surface area contributed by atoms with Crippen molar-refractivity contribution in [3.8, 4) is 0 Å². The minimum atomic E-state index is -0.475. The van der Waals surface area contributed by atoms with Crippen LogP contribution in [0.5, 0.6) is 0 Å².